The molecule has 0 aromatic heterocycles. The van der Waals surface area contributed by atoms with Crippen LogP contribution in [0.4, 0.5) is 10.1 Å². The number of hydrogen-bond donors (Lipinski definition) is 0. The van der Waals surface area contributed by atoms with Gasteiger partial charge in [0.1, 0.15) is 0 Å². The summed E-state index contributed by atoms with van der Waals surface area (Å²) in [5.41, 5.74) is 1.01. The Morgan fingerprint density at radius 3 is 2.46 bits per heavy atom. The molecule has 0 saturated carbocycles. The first-order chi connectivity index (χ1) is 13.5. The Bertz CT molecular complexity index is 840. The molecule has 0 atom stereocenters. The summed E-state index contributed by atoms with van der Waals surface area (Å²) >= 11 is 6.02. The summed E-state index contributed by atoms with van der Waals surface area (Å²) in [5, 5.41) is 0.667. The smallest absolute Gasteiger partial charge is 0.344 e. The van der Waals surface area contributed by atoms with E-state index in [2.05, 4.69) is 4.90 Å². The van der Waals surface area contributed by atoms with E-state index < -0.39 is 18.4 Å². The summed E-state index contributed by atoms with van der Waals surface area (Å²) in [6.07, 6.45) is 0. The molecule has 28 heavy (non-hydrogen) atoms. The maximum Gasteiger partial charge on any atom is 0.344 e. The number of nitrogens with zero attached hydrogens (tertiary/aromatic N) is 2. The maximum absolute atomic E-state index is 13.4. The summed E-state index contributed by atoms with van der Waals surface area (Å²) in [4.78, 5) is 27.7. The summed E-state index contributed by atoms with van der Waals surface area (Å²) in [6.45, 7) is 1.55. The monoisotopic (exact) mass is 406 g/mol. The molecule has 1 aliphatic heterocycles. The minimum atomic E-state index is -0.728. The molecule has 0 bridgehead atoms. The van der Waals surface area contributed by atoms with E-state index in [0.717, 1.165) is 5.69 Å². The largest absolute Gasteiger partial charge is 0.479 e. The number of halogens is 2. The fourth-order valence-electron chi connectivity index (χ4n) is 2.86. The number of anilines is 1. The Labute approximate surface area is 167 Å². The topological polar surface area (TPSA) is 59.1 Å². The van der Waals surface area contributed by atoms with Crippen molar-refractivity contribution in [2.75, 3.05) is 44.3 Å². The van der Waals surface area contributed by atoms with Gasteiger partial charge < -0.3 is 19.3 Å². The van der Waals surface area contributed by atoms with Crippen molar-refractivity contribution in [3.05, 3.63) is 59.4 Å². The zero-order chi connectivity index (χ0) is 19.9. The number of ether oxygens (including phenoxy) is 2. The molecule has 0 radical (unpaired) electrons. The van der Waals surface area contributed by atoms with Crippen LogP contribution in [0.5, 0.6) is 5.75 Å². The minimum Gasteiger partial charge on any atom is -0.479 e. The van der Waals surface area contributed by atoms with Gasteiger partial charge in [-0.25, -0.2) is 9.18 Å². The minimum absolute atomic E-state index is 0.0390. The molecule has 0 aliphatic carbocycles. The Kier molecular flexibility index (Phi) is 6.71. The first-order valence-electron chi connectivity index (χ1n) is 8.84. The molecule has 1 aliphatic rings. The molecule has 1 fully saturated rings. The van der Waals surface area contributed by atoms with Gasteiger partial charge in [-0.15, -0.1) is 0 Å². The normalized spacial score (nSPS) is 13.9. The molecule has 1 saturated heterocycles. The van der Waals surface area contributed by atoms with E-state index in [1.54, 1.807) is 11.0 Å². The third-order valence-corrected chi connectivity index (χ3v) is 4.58. The van der Waals surface area contributed by atoms with Crippen molar-refractivity contribution in [1.82, 2.24) is 4.90 Å². The van der Waals surface area contributed by atoms with Gasteiger partial charge in [0.15, 0.2) is 24.8 Å². The standard InChI is InChI=1S/C20H20ClFN2O4/c21-15-4-3-5-16(12-15)23-8-10-24(11-9-23)19(25)13-28-20(26)14-27-18-7-2-1-6-17(18)22/h1-7,12H,8-11,13-14H2. The zero-order valence-corrected chi connectivity index (χ0v) is 15.9. The van der Waals surface area contributed by atoms with Crippen LogP contribution in [0.15, 0.2) is 48.5 Å². The second-order valence-electron chi connectivity index (χ2n) is 6.23. The van der Waals surface area contributed by atoms with Gasteiger partial charge in [0.25, 0.3) is 5.91 Å². The number of esters is 1. The highest BCUT2D eigenvalue weighted by atomic mass is 35.5. The van der Waals surface area contributed by atoms with Gasteiger partial charge in [-0.2, -0.15) is 0 Å². The summed E-state index contributed by atoms with van der Waals surface area (Å²) in [6, 6.07) is 13.3. The Morgan fingerprint density at radius 1 is 1.00 bits per heavy atom. The van der Waals surface area contributed by atoms with Crippen molar-refractivity contribution < 1.29 is 23.5 Å². The van der Waals surface area contributed by atoms with Gasteiger partial charge in [0.2, 0.25) is 0 Å². The van der Waals surface area contributed by atoms with E-state index in [9.17, 15) is 14.0 Å². The molecular formula is C20H20ClFN2O4. The molecule has 1 amide bonds. The van der Waals surface area contributed by atoms with Crippen molar-refractivity contribution in [3.63, 3.8) is 0 Å². The number of hydrogen-bond acceptors (Lipinski definition) is 5. The average Bonchev–Trinajstić information content (AvgIpc) is 2.71. The van der Waals surface area contributed by atoms with Crippen LogP contribution in [-0.4, -0.2) is 56.2 Å². The molecule has 8 heteroatoms. The van der Waals surface area contributed by atoms with Crippen molar-refractivity contribution in [2.45, 2.75) is 0 Å². The Balaban J connectivity index is 1.39. The van der Waals surface area contributed by atoms with Gasteiger partial charge in [0, 0.05) is 36.9 Å². The number of carbonyl (C=O) groups excluding carboxylic acids is 2. The third kappa shape index (κ3) is 5.36. The second kappa shape index (κ2) is 9.41. The van der Waals surface area contributed by atoms with E-state index in [4.69, 9.17) is 21.1 Å². The SMILES string of the molecule is O=C(COc1ccccc1F)OCC(=O)N1CCN(c2cccc(Cl)c2)CC1. The molecule has 0 spiro atoms. The molecule has 2 aromatic carbocycles. The van der Waals surface area contributed by atoms with Crippen LogP contribution in [0, 0.1) is 5.82 Å². The maximum atomic E-state index is 13.4. The summed E-state index contributed by atoms with van der Waals surface area (Å²) in [5.74, 6) is -1.61. The number of carbonyl (C=O) groups is 2. The quantitative estimate of drug-likeness (QED) is 0.690. The lowest BCUT2D eigenvalue weighted by atomic mass is 10.2. The van der Waals surface area contributed by atoms with Crippen molar-refractivity contribution >= 4 is 29.2 Å². The van der Waals surface area contributed by atoms with Gasteiger partial charge in [0.05, 0.1) is 0 Å². The van der Waals surface area contributed by atoms with Gasteiger partial charge in [-0.1, -0.05) is 29.8 Å². The van der Waals surface area contributed by atoms with Crippen LogP contribution < -0.4 is 9.64 Å². The Morgan fingerprint density at radius 2 is 1.75 bits per heavy atom. The first-order valence-corrected chi connectivity index (χ1v) is 9.22. The fraction of sp³-hybridized carbons (Fsp3) is 0.300. The lowest BCUT2D eigenvalue weighted by Gasteiger charge is -2.36. The van der Waals surface area contributed by atoms with Crippen molar-refractivity contribution in [2.24, 2.45) is 0 Å². The molecule has 0 unspecified atom stereocenters. The molecule has 148 valence electrons. The number of amides is 1. The number of benzene rings is 2. The number of para-hydroxylation sites is 1. The van der Waals surface area contributed by atoms with Crippen LogP contribution >= 0.6 is 11.6 Å². The van der Waals surface area contributed by atoms with E-state index in [1.165, 1.54) is 18.2 Å². The lowest BCUT2D eigenvalue weighted by Crippen LogP contribution is -2.50. The molecule has 6 nitrogen and oxygen atoms in total. The molecule has 0 N–H and O–H groups in total. The highest BCUT2D eigenvalue weighted by Crippen LogP contribution is 2.21. The fourth-order valence-corrected chi connectivity index (χ4v) is 3.05. The van der Waals surface area contributed by atoms with Crippen molar-refractivity contribution in [1.29, 1.82) is 0 Å². The van der Waals surface area contributed by atoms with Crippen molar-refractivity contribution in [3.8, 4) is 5.75 Å². The van der Waals surface area contributed by atoms with E-state index in [1.807, 2.05) is 24.3 Å². The zero-order valence-electron chi connectivity index (χ0n) is 15.1. The van der Waals surface area contributed by atoms with Gasteiger partial charge in [-0.3, -0.25) is 4.79 Å². The highest BCUT2D eigenvalue weighted by Gasteiger charge is 2.22. The summed E-state index contributed by atoms with van der Waals surface area (Å²) < 4.78 is 23.4. The van der Waals surface area contributed by atoms with Crippen LogP contribution in [0.2, 0.25) is 5.02 Å². The Hall–Kier alpha value is -2.80. The summed E-state index contributed by atoms with van der Waals surface area (Å²) in [7, 11) is 0. The number of piperazine rings is 1. The third-order valence-electron chi connectivity index (χ3n) is 4.34. The molecule has 1 heterocycles. The van der Waals surface area contributed by atoms with Crippen LogP contribution in [0.3, 0.4) is 0 Å². The van der Waals surface area contributed by atoms with Gasteiger partial charge in [-0.05, 0) is 30.3 Å². The molecular weight excluding hydrogens is 387 g/mol. The molecule has 2 aromatic rings. The number of rotatable bonds is 6. The van der Waals surface area contributed by atoms with Crippen LogP contribution in [0.1, 0.15) is 0 Å². The van der Waals surface area contributed by atoms with E-state index in [0.29, 0.717) is 31.2 Å². The lowest BCUT2D eigenvalue weighted by molar-refractivity contribution is -0.153. The highest BCUT2D eigenvalue weighted by molar-refractivity contribution is 6.30. The second-order valence-corrected chi connectivity index (χ2v) is 6.66. The first kappa shape index (κ1) is 19.9. The van der Waals surface area contributed by atoms with E-state index in [-0.39, 0.29) is 18.3 Å². The van der Waals surface area contributed by atoms with Crippen LogP contribution in [-0.2, 0) is 14.3 Å². The van der Waals surface area contributed by atoms with Gasteiger partial charge >= 0.3 is 5.97 Å². The van der Waals surface area contributed by atoms with E-state index >= 15 is 0 Å². The van der Waals surface area contributed by atoms with Crippen LogP contribution in [0.25, 0.3) is 0 Å². The predicted molar refractivity (Wildman–Crippen MR) is 103 cm³/mol. The molecule has 3 rings (SSSR count). The average molecular weight is 407 g/mol. The predicted octanol–water partition coefficient (Wildman–Crippen LogP) is 2.75.